The van der Waals surface area contributed by atoms with Crippen LogP contribution in [0.25, 0.3) is 76.9 Å². The van der Waals surface area contributed by atoms with Crippen LogP contribution in [0.3, 0.4) is 0 Å². The summed E-state index contributed by atoms with van der Waals surface area (Å²) in [6.45, 7) is 0. The zero-order valence-electron chi connectivity index (χ0n) is 23.1. The summed E-state index contributed by atoms with van der Waals surface area (Å²) in [6, 6.07) is 49.9. The van der Waals surface area contributed by atoms with Crippen molar-refractivity contribution in [3.8, 4) is 55.9 Å². The zero-order chi connectivity index (χ0) is 28.6. The van der Waals surface area contributed by atoms with Gasteiger partial charge in [0.1, 0.15) is 5.01 Å². The number of hydrogen-bond donors (Lipinski definition) is 0. The molecule has 0 unspecified atom stereocenters. The van der Waals surface area contributed by atoms with Gasteiger partial charge in [0.2, 0.25) is 0 Å². The predicted octanol–water partition coefficient (Wildman–Crippen LogP) is 9.97. The zero-order valence-corrected chi connectivity index (χ0v) is 23.9. The van der Waals surface area contributed by atoms with Crippen LogP contribution in [0.1, 0.15) is 0 Å². The van der Waals surface area contributed by atoms with Crippen LogP contribution in [-0.4, -0.2) is 19.9 Å². The highest BCUT2D eigenvalue weighted by molar-refractivity contribution is 7.21. The van der Waals surface area contributed by atoms with Gasteiger partial charge in [-0.1, -0.05) is 133 Å². The lowest BCUT2D eigenvalue weighted by Crippen LogP contribution is -2.01. The van der Waals surface area contributed by atoms with Crippen LogP contribution in [0, 0.1) is 0 Å². The van der Waals surface area contributed by atoms with Crippen molar-refractivity contribution >= 4 is 32.3 Å². The van der Waals surface area contributed by atoms with Gasteiger partial charge in [0, 0.05) is 27.6 Å². The van der Waals surface area contributed by atoms with Gasteiger partial charge in [0.05, 0.1) is 10.2 Å². The van der Waals surface area contributed by atoms with Crippen molar-refractivity contribution in [2.45, 2.75) is 0 Å². The predicted molar refractivity (Wildman–Crippen MR) is 178 cm³/mol. The Balaban J connectivity index is 1.30. The second kappa shape index (κ2) is 10.7. The Hall–Kier alpha value is -5.52. The SMILES string of the molecule is c1ccc(-c2nc(-c3ccccc3)nc(-c3ccccc3-c3ccc4ccc5sc(-c6ccccc6)nc5c4c3)n2)cc1. The average Bonchev–Trinajstić information content (AvgIpc) is 3.54. The average molecular weight is 569 g/mol. The standard InChI is InChI=1S/C38H24N4S/c1-4-12-26(13-5-1)35-40-36(27-14-6-2-7-15-27)42-37(41-35)31-19-11-10-18-30(31)29-21-20-25-22-23-33-34(32(25)24-29)39-38(43-33)28-16-8-3-9-17-28/h1-24H. The normalized spacial score (nSPS) is 11.3. The molecule has 6 aromatic carbocycles. The Morgan fingerprint density at radius 2 is 0.930 bits per heavy atom. The minimum atomic E-state index is 0.640. The number of nitrogens with zero attached hydrogens (tertiary/aromatic N) is 4. The van der Waals surface area contributed by atoms with E-state index in [-0.39, 0.29) is 0 Å². The van der Waals surface area contributed by atoms with E-state index in [1.165, 1.54) is 4.70 Å². The summed E-state index contributed by atoms with van der Waals surface area (Å²) < 4.78 is 1.18. The maximum Gasteiger partial charge on any atom is 0.164 e. The Morgan fingerprint density at radius 3 is 1.58 bits per heavy atom. The minimum absolute atomic E-state index is 0.640. The summed E-state index contributed by atoms with van der Waals surface area (Å²) in [5, 5.41) is 3.33. The van der Waals surface area contributed by atoms with Crippen LogP contribution < -0.4 is 0 Å². The first kappa shape index (κ1) is 25.2. The van der Waals surface area contributed by atoms with E-state index in [4.69, 9.17) is 19.9 Å². The van der Waals surface area contributed by atoms with Crippen molar-refractivity contribution in [3.05, 3.63) is 146 Å². The Bertz CT molecular complexity index is 2170. The maximum atomic E-state index is 5.10. The Morgan fingerprint density at radius 1 is 0.395 bits per heavy atom. The van der Waals surface area contributed by atoms with Crippen molar-refractivity contribution in [1.29, 1.82) is 0 Å². The molecule has 0 atom stereocenters. The first-order valence-corrected chi connectivity index (χ1v) is 15.0. The smallest absolute Gasteiger partial charge is 0.164 e. The molecule has 43 heavy (non-hydrogen) atoms. The van der Waals surface area contributed by atoms with E-state index in [0.717, 1.165) is 54.7 Å². The molecule has 2 aromatic heterocycles. The summed E-state index contributed by atoms with van der Waals surface area (Å²) in [6.07, 6.45) is 0. The quantitative estimate of drug-likeness (QED) is 0.207. The molecule has 0 bridgehead atoms. The molecule has 0 saturated heterocycles. The fourth-order valence-corrected chi connectivity index (χ4v) is 6.43. The first-order valence-electron chi connectivity index (χ1n) is 14.2. The largest absolute Gasteiger partial charge is 0.235 e. The van der Waals surface area contributed by atoms with Crippen LogP contribution >= 0.6 is 11.3 Å². The molecule has 2 heterocycles. The summed E-state index contributed by atoms with van der Waals surface area (Å²) in [4.78, 5) is 20.0. The molecule has 0 spiro atoms. The van der Waals surface area contributed by atoms with Gasteiger partial charge < -0.3 is 0 Å². The lowest BCUT2D eigenvalue weighted by atomic mass is 9.96. The van der Waals surface area contributed by atoms with Gasteiger partial charge in [0.25, 0.3) is 0 Å². The van der Waals surface area contributed by atoms with Crippen molar-refractivity contribution in [2.24, 2.45) is 0 Å². The lowest BCUT2D eigenvalue weighted by molar-refractivity contribution is 1.07. The molecule has 0 saturated carbocycles. The summed E-state index contributed by atoms with van der Waals surface area (Å²) in [5.41, 5.74) is 7.17. The highest BCUT2D eigenvalue weighted by Gasteiger charge is 2.16. The van der Waals surface area contributed by atoms with Gasteiger partial charge in [0.15, 0.2) is 17.5 Å². The topological polar surface area (TPSA) is 51.6 Å². The molecule has 202 valence electrons. The van der Waals surface area contributed by atoms with E-state index in [9.17, 15) is 0 Å². The number of thiazole rings is 1. The highest BCUT2D eigenvalue weighted by atomic mass is 32.1. The molecule has 0 aliphatic carbocycles. The van der Waals surface area contributed by atoms with Crippen LogP contribution in [0.5, 0.6) is 0 Å². The van der Waals surface area contributed by atoms with Gasteiger partial charge in [-0.15, -0.1) is 11.3 Å². The van der Waals surface area contributed by atoms with E-state index in [2.05, 4.69) is 72.8 Å². The first-order chi connectivity index (χ1) is 21.3. The summed E-state index contributed by atoms with van der Waals surface area (Å²) in [7, 11) is 0. The van der Waals surface area contributed by atoms with Gasteiger partial charge in [-0.3, -0.25) is 0 Å². The third-order valence-electron chi connectivity index (χ3n) is 7.58. The van der Waals surface area contributed by atoms with Crippen molar-refractivity contribution < 1.29 is 0 Å². The summed E-state index contributed by atoms with van der Waals surface area (Å²) in [5.74, 6) is 1.94. The second-order valence-corrected chi connectivity index (χ2v) is 11.3. The molecule has 5 heteroatoms. The van der Waals surface area contributed by atoms with E-state index in [1.807, 2.05) is 72.8 Å². The molecular weight excluding hydrogens is 545 g/mol. The van der Waals surface area contributed by atoms with Crippen molar-refractivity contribution in [2.75, 3.05) is 0 Å². The van der Waals surface area contributed by atoms with Crippen LogP contribution in [0.2, 0.25) is 0 Å². The van der Waals surface area contributed by atoms with Gasteiger partial charge in [-0.05, 0) is 28.6 Å². The maximum absolute atomic E-state index is 5.10. The van der Waals surface area contributed by atoms with Crippen LogP contribution in [-0.2, 0) is 0 Å². The third kappa shape index (κ3) is 4.76. The van der Waals surface area contributed by atoms with E-state index in [0.29, 0.717) is 17.5 Å². The molecule has 0 N–H and O–H groups in total. The summed E-state index contributed by atoms with van der Waals surface area (Å²) >= 11 is 1.73. The van der Waals surface area contributed by atoms with Gasteiger partial charge in [-0.2, -0.15) is 0 Å². The van der Waals surface area contributed by atoms with Crippen LogP contribution in [0.15, 0.2) is 146 Å². The fourth-order valence-electron chi connectivity index (χ4n) is 5.44. The molecule has 8 aromatic rings. The monoisotopic (exact) mass is 568 g/mol. The number of hydrogen-bond acceptors (Lipinski definition) is 5. The molecule has 0 aliphatic heterocycles. The molecule has 0 radical (unpaired) electrons. The van der Waals surface area contributed by atoms with Crippen molar-refractivity contribution in [1.82, 2.24) is 19.9 Å². The minimum Gasteiger partial charge on any atom is -0.235 e. The van der Waals surface area contributed by atoms with Crippen LogP contribution in [0.4, 0.5) is 0 Å². The molecule has 0 fully saturated rings. The molecule has 8 rings (SSSR count). The lowest BCUT2D eigenvalue weighted by Gasteiger charge is -2.12. The number of rotatable bonds is 5. The van der Waals surface area contributed by atoms with Gasteiger partial charge >= 0.3 is 0 Å². The third-order valence-corrected chi connectivity index (χ3v) is 8.64. The van der Waals surface area contributed by atoms with E-state index in [1.54, 1.807) is 11.3 Å². The Labute approximate surface area is 253 Å². The van der Waals surface area contributed by atoms with E-state index < -0.39 is 0 Å². The molecule has 0 aliphatic rings. The second-order valence-electron chi connectivity index (χ2n) is 10.3. The molecular formula is C38H24N4S. The van der Waals surface area contributed by atoms with E-state index >= 15 is 0 Å². The number of fused-ring (bicyclic) bond motifs is 3. The fraction of sp³-hybridized carbons (Fsp3) is 0. The highest BCUT2D eigenvalue weighted by Crippen LogP contribution is 2.38. The Kier molecular flexibility index (Phi) is 6.28. The van der Waals surface area contributed by atoms with Gasteiger partial charge in [-0.25, -0.2) is 19.9 Å². The molecule has 0 amide bonds. The van der Waals surface area contributed by atoms with Crippen molar-refractivity contribution in [3.63, 3.8) is 0 Å². The number of benzene rings is 6. The number of aromatic nitrogens is 4. The molecule has 4 nitrogen and oxygen atoms in total.